The third-order valence-electron chi connectivity index (χ3n) is 5.37. The Hall–Kier alpha value is -4.06. The Morgan fingerprint density at radius 2 is 1.41 bits per heavy atom. The van der Waals surface area contributed by atoms with Crippen LogP contribution in [-0.2, 0) is 9.59 Å². The molecule has 6 nitrogen and oxygen atoms in total. The van der Waals surface area contributed by atoms with E-state index in [4.69, 9.17) is 9.47 Å². The van der Waals surface area contributed by atoms with Crippen molar-refractivity contribution in [1.82, 2.24) is 0 Å². The van der Waals surface area contributed by atoms with E-state index in [2.05, 4.69) is 5.32 Å². The van der Waals surface area contributed by atoms with Gasteiger partial charge in [-0.2, -0.15) is 0 Å². The lowest BCUT2D eigenvalue weighted by Gasteiger charge is -2.16. The summed E-state index contributed by atoms with van der Waals surface area (Å²) in [5, 5.41) is 3.18. The molecule has 0 bridgehead atoms. The number of anilines is 2. The summed E-state index contributed by atoms with van der Waals surface area (Å²) in [6.07, 6.45) is 0. The van der Waals surface area contributed by atoms with Crippen LogP contribution < -0.4 is 19.7 Å². The lowest BCUT2D eigenvalue weighted by Crippen LogP contribution is -2.32. The molecule has 3 aromatic rings. The zero-order valence-corrected chi connectivity index (χ0v) is 18.4. The first-order chi connectivity index (χ1) is 15.4. The molecule has 1 heterocycles. The Morgan fingerprint density at radius 1 is 0.750 bits per heavy atom. The van der Waals surface area contributed by atoms with Crippen LogP contribution in [0.25, 0.3) is 5.57 Å². The minimum atomic E-state index is -0.441. The third kappa shape index (κ3) is 3.71. The van der Waals surface area contributed by atoms with Crippen molar-refractivity contribution < 1.29 is 19.1 Å². The lowest BCUT2D eigenvalue weighted by atomic mass is 10.0. The fraction of sp³-hybridized carbons (Fsp3) is 0.154. The predicted octanol–water partition coefficient (Wildman–Crippen LogP) is 4.72. The molecule has 162 valence electrons. The predicted molar refractivity (Wildman–Crippen MR) is 125 cm³/mol. The quantitative estimate of drug-likeness (QED) is 0.576. The number of nitrogens with zero attached hydrogens (tertiary/aromatic N) is 1. The summed E-state index contributed by atoms with van der Waals surface area (Å²) < 4.78 is 11.0. The first-order valence-corrected chi connectivity index (χ1v) is 10.2. The van der Waals surface area contributed by atoms with E-state index in [1.165, 1.54) is 12.0 Å². The maximum atomic E-state index is 13.6. The smallest absolute Gasteiger partial charge is 0.282 e. The van der Waals surface area contributed by atoms with Gasteiger partial charge >= 0.3 is 0 Å². The van der Waals surface area contributed by atoms with Crippen LogP contribution in [-0.4, -0.2) is 26.0 Å². The van der Waals surface area contributed by atoms with Crippen molar-refractivity contribution in [1.29, 1.82) is 0 Å². The Kier molecular flexibility index (Phi) is 5.69. The number of aryl methyl sites for hydroxylation is 2. The van der Waals surface area contributed by atoms with Gasteiger partial charge in [0.15, 0.2) is 0 Å². The Labute approximate surface area is 187 Å². The SMILES string of the molecule is COc1ccc(C)cc1NC1=C(c2ccccc2OC)C(=O)N(c2ccc(C)cc2)C1=O. The molecule has 6 heteroatoms. The van der Waals surface area contributed by atoms with Gasteiger partial charge in [-0.15, -0.1) is 0 Å². The highest BCUT2D eigenvalue weighted by Crippen LogP contribution is 2.38. The number of amides is 2. The topological polar surface area (TPSA) is 67.9 Å². The zero-order valence-electron chi connectivity index (χ0n) is 18.4. The van der Waals surface area contributed by atoms with E-state index in [-0.39, 0.29) is 11.3 Å². The van der Waals surface area contributed by atoms with Gasteiger partial charge in [0.05, 0.1) is 31.2 Å². The van der Waals surface area contributed by atoms with Crippen LogP contribution in [0.5, 0.6) is 11.5 Å². The van der Waals surface area contributed by atoms with E-state index in [1.54, 1.807) is 31.4 Å². The molecule has 0 atom stereocenters. The van der Waals surface area contributed by atoms with E-state index < -0.39 is 11.8 Å². The number of methoxy groups -OCH3 is 2. The molecule has 1 aliphatic heterocycles. The molecule has 0 unspecified atom stereocenters. The van der Waals surface area contributed by atoms with Gasteiger partial charge in [0.1, 0.15) is 17.2 Å². The molecule has 32 heavy (non-hydrogen) atoms. The first-order valence-electron chi connectivity index (χ1n) is 10.2. The summed E-state index contributed by atoms with van der Waals surface area (Å²) >= 11 is 0. The van der Waals surface area contributed by atoms with Crippen LogP contribution >= 0.6 is 0 Å². The van der Waals surface area contributed by atoms with Gasteiger partial charge in [-0.3, -0.25) is 9.59 Å². The summed E-state index contributed by atoms with van der Waals surface area (Å²) in [6.45, 7) is 3.90. The summed E-state index contributed by atoms with van der Waals surface area (Å²) in [5.74, 6) is 0.210. The molecule has 2 amide bonds. The molecule has 0 spiro atoms. The normalized spacial score (nSPS) is 13.6. The van der Waals surface area contributed by atoms with Gasteiger partial charge in [0.25, 0.3) is 11.8 Å². The molecule has 0 saturated heterocycles. The summed E-state index contributed by atoms with van der Waals surface area (Å²) in [4.78, 5) is 28.4. The van der Waals surface area contributed by atoms with E-state index in [9.17, 15) is 9.59 Å². The van der Waals surface area contributed by atoms with Crippen molar-refractivity contribution in [2.24, 2.45) is 0 Å². The fourth-order valence-corrected chi connectivity index (χ4v) is 3.73. The van der Waals surface area contributed by atoms with Crippen molar-refractivity contribution >= 4 is 28.8 Å². The highest BCUT2D eigenvalue weighted by Gasteiger charge is 2.41. The Balaban J connectivity index is 1.89. The molecule has 0 aliphatic carbocycles. The second-order valence-corrected chi connectivity index (χ2v) is 7.56. The number of imide groups is 1. The number of hydrogen-bond acceptors (Lipinski definition) is 5. The molecule has 4 rings (SSSR count). The highest BCUT2D eigenvalue weighted by atomic mass is 16.5. The van der Waals surface area contributed by atoms with Gasteiger partial charge < -0.3 is 14.8 Å². The van der Waals surface area contributed by atoms with Gasteiger partial charge in [-0.05, 0) is 49.7 Å². The Bertz CT molecular complexity index is 1230. The molecule has 0 saturated carbocycles. The van der Waals surface area contributed by atoms with Crippen LogP contribution in [0.4, 0.5) is 11.4 Å². The van der Waals surface area contributed by atoms with Crippen LogP contribution in [0.15, 0.2) is 72.4 Å². The number of benzene rings is 3. The molecule has 0 radical (unpaired) electrons. The van der Waals surface area contributed by atoms with Gasteiger partial charge in [-0.25, -0.2) is 4.90 Å². The number of para-hydroxylation sites is 1. The molecule has 1 aliphatic rings. The number of carbonyl (C=O) groups is 2. The van der Waals surface area contributed by atoms with Crippen molar-refractivity contribution in [3.63, 3.8) is 0 Å². The molecule has 1 N–H and O–H groups in total. The summed E-state index contributed by atoms with van der Waals surface area (Å²) in [7, 11) is 3.10. The number of carbonyl (C=O) groups excluding carboxylic acids is 2. The van der Waals surface area contributed by atoms with Crippen molar-refractivity contribution in [3.05, 3.63) is 89.1 Å². The van der Waals surface area contributed by atoms with E-state index in [0.717, 1.165) is 11.1 Å². The first kappa shape index (κ1) is 21.2. The van der Waals surface area contributed by atoms with Gasteiger partial charge in [0, 0.05) is 5.56 Å². The van der Waals surface area contributed by atoms with Crippen LogP contribution in [0, 0.1) is 13.8 Å². The molecule has 0 fully saturated rings. The summed E-state index contributed by atoms with van der Waals surface area (Å²) in [6, 6.07) is 20.0. The van der Waals surface area contributed by atoms with Crippen LogP contribution in [0.1, 0.15) is 16.7 Å². The number of nitrogens with one attached hydrogen (secondary N) is 1. The molecule has 3 aromatic carbocycles. The largest absolute Gasteiger partial charge is 0.496 e. The maximum Gasteiger partial charge on any atom is 0.282 e. The molecule has 0 aromatic heterocycles. The zero-order chi connectivity index (χ0) is 22.8. The second kappa shape index (κ2) is 8.59. The minimum Gasteiger partial charge on any atom is -0.496 e. The minimum absolute atomic E-state index is 0.170. The average molecular weight is 428 g/mol. The van der Waals surface area contributed by atoms with Crippen molar-refractivity contribution in [2.75, 3.05) is 24.4 Å². The number of ether oxygens (including phenoxy) is 2. The lowest BCUT2D eigenvalue weighted by molar-refractivity contribution is -0.120. The van der Waals surface area contributed by atoms with E-state index >= 15 is 0 Å². The summed E-state index contributed by atoms with van der Waals surface area (Å²) in [5.41, 5.74) is 4.08. The van der Waals surface area contributed by atoms with Crippen LogP contribution in [0.2, 0.25) is 0 Å². The van der Waals surface area contributed by atoms with Crippen molar-refractivity contribution in [2.45, 2.75) is 13.8 Å². The monoisotopic (exact) mass is 428 g/mol. The van der Waals surface area contributed by atoms with E-state index in [1.807, 2.05) is 56.3 Å². The third-order valence-corrected chi connectivity index (χ3v) is 5.37. The number of hydrogen-bond donors (Lipinski definition) is 1. The highest BCUT2D eigenvalue weighted by molar-refractivity contribution is 6.46. The standard InChI is InChI=1S/C26H24N2O4/c1-16-9-12-18(13-10-16)28-25(29)23(19-7-5-6-8-21(19)31-3)24(26(28)30)27-20-15-17(2)11-14-22(20)32-4/h5-15,27H,1-4H3. The average Bonchev–Trinajstić information content (AvgIpc) is 3.04. The molecular formula is C26H24N2O4. The molecular weight excluding hydrogens is 404 g/mol. The van der Waals surface area contributed by atoms with Crippen molar-refractivity contribution in [3.8, 4) is 11.5 Å². The Morgan fingerprint density at radius 3 is 2.09 bits per heavy atom. The second-order valence-electron chi connectivity index (χ2n) is 7.56. The van der Waals surface area contributed by atoms with E-state index in [0.29, 0.717) is 28.4 Å². The maximum absolute atomic E-state index is 13.6. The van der Waals surface area contributed by atoms with Gasteiger partial charge in [-0.1, -0.05) is 42.0 Å². The number of rotatable bonds is 6. The van der Waals surface area contributed by atoms with Gasteiger partial charge in [0.2, 0.25) is 0 Å². The fourth-order valence-electron chi connectivity index (χ4n) is 3.73. The van der Waals surface area contributed by atoms with Crippen LogP contribution in [0.3, 0.4) is 0 Å².